The van der Waals surface area contributed by atoms with Crippen LogP contribution < -0.4 is 5.32 Å². The minimum Gasteiger partial charge on any atom is -0.299 e. The topological polar surface area (TPSA) is 12.0 Å². The second kappa shape index (κ2) is 4.85. The van der Waals surface area contributed by atoms with Gasteiger partial charge in [-0.3, -0.25) is 5.32 Å². The third-order valence-electron chi connectivity index (χ3n) is 2.51. The molecule has 1 nitrogen and oxygen atoms in total. The van der Waals surface area contributed by atoms with Crippen LogP contribution in [0.5, 0.6) is 0 Å². The molecule has 1 saturated heterocycles. The fraction of sp³-hybridized carbons (Fsp3) is 0.455. The molecule has 4 heteroatoms. The molecule has 1 heterocycles. The molecule has 0 aromatic heterocycles. The Labute approximate surface area is 102 Å². The SMILES string of the molecule is CC1CCSC(c2cc(F)ccc2Br)N1. The molecule has 15 heavy (non-hydrogen) atoms. The van der Waals surface area contributed by atoms with E-state index < -0.39 is 0 Å². The van der Waals surface area contributed by atoms with E-state index in [2.05, 4.69) is 28.2 Å². The van der Waals surface area contributed by atoms with Crippen LogP contribution >= 0.6 is 27.7 Å². The molecule has 1 aromatic carbocycles. The van der Waals surface area contributed by atoms with Gasteiger partial charge in [-0.15, -0.1) is 11.8 Å². The largest absolute Gasteiger partial charge is 0.299 e. The molecule has 0 radical (unpaired) electrons. The van der Waals surface area contributed by atoms with Gasteiger partial charge >= 0.3 is 0 Å². The van der Waals surface area contributed by atoms with Crippen molar-refractivity contribution in [2.24, 2.45) is 0 Å². The van der Waals surface area contributed by atoms with Crippen LogP contribution in [0.4, 0.5) is 4.39 Å². The Kier molecular flexibility index (Phi) is 3.69. The van der Waals surface area contributed by atoms with Crippen molar-refractivity contribution in [3.63, 3.8) is 0 Å². The molecular weight excluding hydrogens is 277 g/mol. The van der Waals surface area contributed by atoms with Gasteiger partial charge in [0, 0.05) is 10.5 Å². The Balaban J connectivity index is 2.24. The van der Waals surface area contributed by atoms with Crippen LogP contribution in [0.3, 0.4) is 0 Å². The first kappa shape index (κ1) is 11.4. The van der Waals surface area contributed by atoms with Gasteiger partial charge in [0.15, 0.2) is 0 Å². The predicted molar refractivity (Wildman–Crippen MR) is 66.5 cm³/mol. The minimum absolute atomic E-state index is 0.172. The van der Waals surface area contributed by atoms with Gasteiger partial charge in [0.25, 0.3) is 0 Å². The molecule has 0 aliphatic carbocycles. The van der Waals surface area contributed by atoms with E-state index in [-0.39, 0.29) is 11.2 Å². The van der Waals surface area contributed by atoms with Gasteiger partial charge in [-0.25, -0.2) is 4.39 Å². The summed E-state index contributed by atoms with van der Waals surface area (Å²) in [5, 5.41) is 3.67. The highest BCUT2D eigenvalue weighted by atomic mass is 79.9. The monoisotopic (exact) mass is 289 g/mol. The second-order valence-corrected chi connectivity index (χ2v) is 5.84. The number of benzene rings is 1. The summed E-state index contributed by atoms with van der Waals surface area (Å²) in [5.41, 5.74) is 1.01. The van der Waals surface area contributed by atoms with E-state index in [0.29, 0.717) is 6.04 Å². The maximum Gasteiger partial charge on any atom is 0.123 e. The average molecular weight is 290 g/mol. The van der Waals surface area contributed by atoms with E-state index in [4.69, 9.17) is 0 Å². The Morgan fingerprint density at radius 3 is 3.07 bits per heavy atom. The molecule has 82 valence electrons. The minimum atomic E-state index is -0.172. The van der Waals surface area contributed by atoms with Crippen molar-refractivity contribution in [3.8, 4) is 0 Å². The van der Waals surface area contributed by atoms with Gasteiger partial charge in [-0.2, -0.15) is 0 Å². The van der Waals surface area contributed by atoms with E-state index in [9.17, 15) is 4.39 Å². The highest BCUT2D eigenvalue weighted by molar-refractivity contribution is 9.10. The van der Waals surface area contributed by atoms with Crippen molar-refractivity contribution in [1.82, 2.24) is 5.32 Å². The van der Waals surface area contributed by atoms with Crippen molar-refractivity contribution in [2.45, 2.75) is 24.8 Å². The Morgan fingerprint density at radius 2 is 2.33 bits per heavy atom. The molecule has 0 bridgehead atoms. The standard InChI is InChI=1S/C11H13BrFNS/c1-7-4-5-15-11(14-7)9-6-8(13)2-3-10(9)12/h2-3,6-7,11,14H,4-5H2,1H3. The molecule has 1 aliphatic heterocycles. The lowest BCUT2D eigenvalue weighted by Gasteiger charge is -2.29. The third-order valence-corrected chi connectivity index (χ3v) is 4.43. The van der Waals surface area contributed by atoms with Crippen LogP contribution in [0.15, 0.2) is 22.7 Å². The Hall–Kier alpha value is -0.0600. The number of hydrogen-bond donors (Lipinski definition) is 1. The molecule has 0 amide bonds. The number of thioether (sulfide) groups is 1. The quantitative estimate of drug-likeness (QED) is 0.846. The maximum absolute atomic E-state index is 13.1. The van der Waals surface area contributed by atoms with Crippen LogP contribution in [0.2, 0.25) is 0 Å². The molecule has 2 rings (SSSR count). The molecule has 1 N–H and O–H groups in total. The third kappa shape index (κ3) is 2.74. The molecular formula is C11H13BrFNS. The van der Waals surface area contributed by atoms with Crippen molar-refractivity contribution in [2.75, 3.05) is 5.75 Å². The van der Waals surface area contributed by atoms with Crippen LogP contribution in [0, 0.1) is 5.82 Å². The van der Waals surface area contributed by atoms with Crippen LogP contribution in [-0.4, -0.2) is 11.8 Å². The smallest absolute Gasteiger partial charge is 0.123 e. The van der Waals surface area contributed by atoms with Gasteiger partial charge in [-0.05, 0) is 42.9 Å². The van der Waals surface area contributed by atoms with E-state index in [0.717, 1.165) is 15.8 Å². The van der Waals surface area contributed by atoms with Crippen molar-refractivity contribution in [3.05, 3.63) is 34.1 Å². The van der Waals surface area contributed by atoms with Crippen LogP contribution in [-0.2, 0) is 0 Å². The molecule has 0 spiro atoms. The lowest BCUT2D eigenvalue weighted by molar-refractivity contribution is 0.509. The molecule has 1 fully saturated rings. The Morgan fingerprint density at radius 1 is 1.53 bits per heavy atom. The molecule has 0 saturated carbocycles. The van der Waals surface area contributed by atoms with E-state index >= 15 is 0 Å². The molecule has 2 atom stereocenters. The van der Waals surface area contributed by atoms with Crippen molar-refractivity contribution in [1.29, 1.82) is 0 Å². The number of nitrogens with one attached hydrogen (secondary N) is 1. The average Bonchev–Trinajstić information content (AvgIpc) is 2.22. The first-order chi connectivity index (χ1) is 7.16. The summed E-state index contributed by atoms with van der Waals surface area (Å²) in [6.07, 6.45) is 1.17. The summed E-state index contributed by atoms with van der Waals surface area (Å²) < 4.78 is 14.1. The second-order valence-electron chi connectivity index (χ2n) is 3.77. The lowest BCUT2D eigenvalue weighted by Crippen LogP contribution is -2.33. The highest BCUT2D eigenvalue weighted by Crippen LogP contribution is 2.35. The van der Waals surface area contributed by atoms with Crippen LogP contribution in [0.1, 0.15) is 24.3 Å². The number of hydrogen-bond acceptors (Lipinski definition) is 2. The first-order valence-corrected chi connectivity index (χ1v) is 6.83. The fourth-order valence-electron chi connectivity index (χ4n) is 1.65. The van der Waals surface area contributed by atoms with E-state index in [1.807, 2.05) is 11.8 Å². The zero-order chi connectivity index (χ0) is 10.8. The predicted octanol–water partition coefficient (Wildman–Crippen LogP) is 3.70. The number of rotatable bonds is 1. The summed E-state index contributed by atoms with van der Waals surface area (Å²) in [7, 11) is 0. The first-order valence-electron chi connectivity index (χ1n) is 4.99. The molecule has 2 unspecified atom stereocenters. The van der Waals surface area contributed by atoms with Gasteiger partial charge < -0.3 is 0 Å². The van der Waals surface area contributed by atoms with Crippen molar-refractivity contribution >= 4 is 27.7 Å². The van der Waals surface area contributed by atoms with Crippen molar-refractivity contribution < 1.29 is 4.39 Å². The maximum atomic E-state index is 13.1. The van der Waals surface area contributed by atoms with Crippen LogP contribution in [0.25, 0.3) is 0 Å². The fourth-order valence-corrected chi connectivity index (χ4v) is 3.70. The zero-order valence-electron chi connectivity index (χ0n) is 8.47. The van der Waals surface area contributed by atoms with Gasteiger partial charge in [0.05, 0.1) is 5.37 Å². The summed E-state index contributed by atoms with van der Waals surface area (Å²) in [5.74, 6) is 0.954. The molecule has 1 aliphatic rings. The zero-order valence-corrected chi connectivity index (χ0v) is 10.9. The normalized spacial score (nSPS) is 26.6. The lowest BCUT2D eigenvalue weighted by atomic mass is 10.2. The van der Waals surface area contributed by atoms with E-state index in [1.165, 1.54) is 12.5 Å². The Bertz CT molecular complexity index is 358. The summed E-state index contributed by atoms with van der Waals surface area (Å²) in [4.78, 5) is 0. The summed E-state index contributed by atoms with van der Waals surface area (Å²) in [6.45, 7) is 2.17. The highest BCUT2D eigenvalue weighted by Gasteiger charge is 2.21. The summed E-state index contributed by atoms with van der Waals surface area (Å²) in [6, 6.07) is 5.36. The number of halogens is 2. The summed E-state index contributed by atoms with van der Waals surface area (Å²) >= 11 is 5.30. The van der Waals surface area contributed by atoms with Gasteiger partial charge in [0.2, 0.25) is 0 Å². The molecule has 1 aromatic rings. The van der Waals surface area contributed by atoms with Gasteiger partial charge in [0.1, 0.15) is 5.82 Å². The van der Waals surface area contributed by atoms with E-state index in [1.54, 1.807) is 12.1 Å². The van der Waals surface area contributed by atoms with Gasteiger partial charge in [-0.1, -0.05) is 15.9 Å².